The molecule has 0 aliphatic heterocycles. The molecule has 24 heavy (non-hydrogen) atoms. The molecule has 1 aromatic carbocycles. The Morgan fingerprint density at radius 2 is 1.92 bits per heavy atom. The minimum Gasteiger partial charge on any atom is -0.385 e. The van der Waals surface area contributed by atoms with Gasteiger partial charge in [0.05, 0.1) is 5.60 Å². The minimum absolute atomic E-state index is 0.0293. The lowest BCUT2D eigenvalue weighted by molar-refractivity contribution is 0.0419. The third kappa shape index (κ3) is 4.51. The van der Waals surface area contributed by atoms with E-state index in [1.807, 2.05) is 18.2 Å². The normalized spacial score (nSPS) is 14.8. The predicted molar refractivity (Wildman–Crippen MR) is 97.1 cm³/mol. The molecule has 2 rings (SSSR count). The number of benzene rings is 1. The maximum Gasteiger partial charge on any atom is 0.184 e. The zero-order chi connectivity index (χ0) is 17.6. The Labute approximate surface area is 144 Å². The summed E-state index contributed by atoms with van der Waals surface area (Å²) in [4.78, 5) is 16.6. The summed E-state index contributed by atoms with van der Waals surface area (Å²) in [5.74, 6) is 0.217. The lowest BCUT2D eigenvalue weighted by Crippen LogP contribution is -2.27. The van der Waals surface area contributed by atoms with Gasteiger partial charge in [0.25, 0.3) is 0 Å². The number of aromatic nitrogens is 1. The van der Waals surface area contributed by atoms with Crippen molar-refractivity contribution < 1.29 is 9.90 Å². The van der Waals surface area contributed by atoms with E-state index >= 15 is 0 Å². The van der Waals surface area contributed by atoms with Crippen LogP contribution in [0.2, 0.25) is 0 Å². The van der Waals surface area contributed by atoms with E-state index in [4.69, 9.17) is 0 Å². The highest BCUT2D eigenvalue weighted by Crippen LogP contribution is 2.34. The van der Waals surface area contributed by atoms with E-state index in [1.165, 1.54) is 0 Å². The van der Waals surface area contributed by atoms with Crippen LogP contribution in [0.4, 0.5) is 0 Å². The number of hydrogen-bond donors (Lipinski definition) is 1. The molecular weight excluding hydrogens is 298 g/mol. The number of Topliss-reactive ketones (excluding diaryl/α,β-unsaturated/α-hetero) is 1. The third-order valence-electron chi connectivity index (χ3n) is 4.52. The fourth-order valence-corrected chi connectivity index (χ4v) is 3.11. The molecule has 0 amide bonds. The van der Waals surface area contributed by atoms with Crippen LogP contribution in [0.5, 0.6) is 0 Å². The van der Waals surface area contributed by atoms with Gasteiger partial charge in [-0.05, 0) is 42.5 Å². The fourth-order valence-electron chi connectivity index (χ4n) is 3.11. The second-order valence-corrected chi connectivity index (χ2v) is 6.72. The van der Waals surface area contributed by atoms with Crippen molar-refractivity contribution in [3.05, 3.63) is 65.5 Å². The number of unbranched alkanes of at least 4 members (excludes halogenated alkanes) is 1. The van der Waals surface area contributed by atoms with Crippen molar-refractivity contribution in [3.63, 3.8) is 0 Å². The van der Waals surface area contributed by atoms with Crippen molar-refractivity contribution in [2.45, 2.75) is 58.0 Å². The van der Waals surface area contributed by atoms with Crippen molar-refractivity contribution in [1.29, 1.82) is 0 Å². The summed E-state index contributed by atoms with van der Waals surface area (Å²) in [6.45, 7) is 6.09. The second kappa shape index (κ2) is 8.20. The molecule has 0 aliphatic rings. The van der Waals surface area contributed by atoms with Crippen LogP contribution in [-0.4, -0.2) is 15.9 Å². The van der Waals surface area contributed by atoms with Crippen LogP contribution in [0.3, 0.4) is 0 Å². The highest BCUT2D eigenvalue weighted by molar-refractivity contribution is 5.94. The molecule has 0 bridgehead atoms. The largest absolute Gasteiger partial charge is 0.385 e. The summed E-state index contributed by atoms with van der Waals surface area (Å²) >= 11 is 0. The molecule has 1 heterocycles. The van der Waals surface area contributed by atoms with Crippen molar-refractivity contribution in [2.75, 3.05) is 0 Å². The van der Waals surface area contributed by atoms with Gasteiger partial charge < -0.3 is 5.11 Å². The average Bonchev–Trinajstić information content (AvgIpc) is 2.60. The number of hydrogen-bond acceptors (Lipinski definition) is 3. The van der Waals surface area contributed by atoms with E-state index in [1.54, 1.807) is 31.3 Å². The molecule has 0 fully saturated rings. The molecule has 0 spiro atoms. The monoisotopic (exact) mass is 325 g/mol. The molecule has 0 saturated carbocycles. The molecule has 3 nitrogen and oxygen atoms in total. The number of pyridine rings is 1. The van der Waals surface area contributed by atoms with E-state index in [0.717, 1.165) is 30.4 Å². The summed E-state index contributed by atoms with van der Waals surface area (Å²) in [7, 11) is 0. The standard InChI is InChI=1S/C21H27NO2/c1-4-5-10-16(2)17-11-6-7-12-18(17)21(3,24)15-20(23)19-13-8-9-14-22-19/h6-9,11-14,16,24H,4-5,10,15H2,1-3H3. The van der Waals surface area contributed by atoms with E-state index < -0.39 is 5.60 Å². The van der Waals surface area contributed by atoms with Gasteiger partial charge in [-0.15, -0.1) is 0 Å². The predicted octanol–water partition coefficient (Wildman–Crippen LogP) is 4.86. The summed E-state index contributed by atoms with van der Waals surface area (Å²) in [6.07, 6.45) is 5.02. The molecule has 128 valence electrons. The quantitative estimate of drug-likeness (QED) is 0.705. The van der Waals surface area contributed by atoms with Crippen LogP contribution in [0.15, 0.2) is 48.7 Å². The molecule has 2 aromatic rings. The summed E-state index contributed by atoms with van der Waals surface area (Å²) in [5.41, 5.74) is 1.17. The Morgan fingerprint density at radius 3 is 2.58 bits per heavy atom. The molecule has 1 N–H and O–H groups in total. The highest BCUT2D eigenvalue weighted by Gasteiger charge is 2.30. The number of nitrogens with zero attached hydrogens (tertiary/aromatic N) is 1. The first-order valence-electron chi connectivity index (χ1n) is 8.71. The first-order valence-corrected chi connectivity index (χ1v) is 8.71. The summed E-state index contributed by atoms with van der Waals surface area (Å²) in [5, 5.41) is 11.0. The van der Waals surface area contributed by atoms with Crippen molar-refractivity contribution in [1.82, 2.24) is 4.98 Å². The third-order valence-corrected chi connectivity index (χ3v) is 4.52. The van der Waals surface area contributed by atoms with Crippen LogP contribution >= 0.6 is 0 Å². The van der Waals surface area contributed by atoms with Crippen LogP contribution in [0.25, 0.3) is 0 Å². The highest BCUT2D eigenvalue weighted by atomic mass is 16.3. The van der Waals surface area contributed by atoms with Gasteiger partial charge in [-0.2, -0.15) is 0 Å². The number of ketones is 1. The van der Waals surface area contributed by atoms with Crippen LogP contribution in [0.1, 0.15) is 74.0 Å². The van der Waals surface area contributed by atoms with Gasteiger partial charge in [0.2, 0.25) is 0 Å². The van der Waals surface area contributed by atoms with Gasteiger partial charge in [-0.3, -0.25) is 9.78 Å². The number of carbonyl (C=O) groups excluding carboxylic acids is 1. The van der Waals surface area contributed by atoms with E-state index in [-0.39, 0.29) is 12.2 Å². The summed E-state index contributed by atoms with van der Waals surface area (Å²) in [6, 6.07) is 13.2. The maximum absolute atomic E-state index is 12.5. The average molecular weight is 325 g/mol. The lowest BCUT2D eigenvalue weighted by Gasteiger charge is -2.28. The van der Waals surface area contributed by atoms with Gasteiger partial charge in [0.15, 0.2) is 5.78 Å². The van der Waals surface area contributed by atoms with E-state index in [2.05, 4.69) is 24.9 Å². The Morgan fingerprint density at radius 1 is 1.21 bits per heavy atom. The zero-order valence-electron chi connectivity index (χ0n) is 14.8. The Balaban J connectivity index is 2.24. The van der Waals surface area contributed by atoms with Gasteiger partial charge in [-0.1, -0.05) is 57.0 Å². The molecular formula is C21H27NO2. The second-order valence-electron chi connectivity index (χ2n) is 6.72. The Kier molecular flexibility index (Phi) is 6.27. The van der Waals surface area contributed by atoms with Gasteiger partial charge in [-0.25, -0.2) is 0 Å². The summed E-state index contributed by atoms with van der Waals surface area (Å²) < 4.78 is 0. The molecule has 2 atom stereocenters. The van der Waals surface area contributed by atoms with Gasteiger partial charge in [0, 0.05) is 12.6 Å². The number of carbonyl (C=O) groups is 1. The number of rotatable bonds is 8. The smallest absolute Gasteiger partial charge is 0.184 e. The molecule has 0 aliphatic carbocycles. The van der Waals surface area contributed by atoms with Crippen LogP contribution < -0.4 is 0 Å². The molecule has 0 radical (unpaired) electrons. The van der Waals surface area contributed by atoms with Gasteiger partial charge >= 0.3 is 0 Å². The fraction of sp³-hybridized carbons (Fsp3) is 0.429. The lowest BCUT2D eigenvalue weighted by atomic mass is 9.81. The first kappa shape index (κ1) is 18.3. The van der Waals surface area contributed by atoms with Crippen molar-refractivity contribution in [3.8, 4) is 0 Å². The molecule has 3 heteroatoms. The maximum atomic E-state index is 12.5. The minimum atomic E-state index is -1.20. The number of aliphatic hydroxyl groups is 1. The molecule has 0 saturated heterocycles. The Hall–Kier alpha value is -2.00. The Bertz CT molecular complexity index is 665. The van der Waals surface area contributed by atoms with Crippen molar-refractivity contribution in [2.24, 2.45) is 0 Å². The SMILES string of the molecule is CCCCC(C)c1ccccc1C(C)(O)CC(=O)c1ccccn1. The zero-order valence-corrected chi connectivity index (χ0v) is 14.8. The first-order chi connectivity index (χ1) is 11.5. The molecule has 1 aromatic heterocycles. The van der Waals surface area contributed by atoms with E-state index in [9.17, 15) is 9.90 Å². The van der Waals surface area contributed by atoms with Crippen LogP contribution in [-0.2, 0) is 5.60 Å². The molecule has 2 unspecified atom stereocenters. The topological polar surface area (TPSA) is 50.2 Å². The van der Waals surface area contributed by atoms with Crippen LogP contribution in [0, 0.1) is 0 Å². The van der Waals surface area contributed by atoms with Gasteiger partial charge in [0.1, 0.15) is 5.69 Å². The van der Waals surface area contributed by atoms with E-state index in [0.29, 0.717) is 11.6 Å². The van der Waals surface area contributed by atoms with Crippen molar-refractivity contribution >= 4 is 5.78 Å².